The first-order valence-corrected chi connectivity index (χ1v) is 8.34. The van der Waals surface area contributed by atoms with Crippen molar-refractivity contribution in [2.75, 3.05) is 30.5 Å². The van der Waals surface area contributed by atoms with E-state index in [4.69, 9.17) is 0 Å². The van der Waals surface area contributed by atoms with E-state index in [0.29, 0.717) is 23.8 Å². The van der Waals surface area contributed by atoms with Crippen LogP contribution in [0, 0.1) is 0 Å². The standard InChI is InChI=1S/C12H20N6O2S/c1-12(2,17-21(4,19)20)8-15-10-11-14-5-6-18(11)7-9(13-3)16-10/h5-7,13,17H,8H2,1-4H3,(H,15,16). The molecule has 0 fully saturated rings. The number of sulfonamides is 1. The molecule has 0 atom stereocenters. The molecule has 21 heavy (non-hydrogen) atoms. The second kappa shape index (κ2) is 5.49. The lowest BCUT2D eigenvalue weighted by molar-refractivity contribution is 0.476. The Balaban J connectivity index is 2.21. The number of fused-ring (bicyclic) bond motifs is 1. The number of hydrogen-bond acceptors (Lipinski definition) is 6. The molecule has 2 heterocycles. The van der Waals surface area contributed by atoms with Gasteiger partial charge in [-0.05, 0) is 13.8 Å². The summed E-state index contributed by atoms with van der Waals surface area (Å²) in [6, 6.07) is 0. The van der Waals surface area contributed by atoms with Gasteiger partial charge in [-0.15, -0.1) is 0 Å². The summed E-state index contributed by atoms with van der Waals surface area (Å²) in [6.07, 6.45) is 6.47. The minimum Gasteiger partial charge on any atom is -0.372 e. The lowest BCUT2D eigenvalue weighted by Crippen LogP contribution is -2.47. The average molecular weight is 312 g/mol. The zero-order valence-electron chi connectivity index (χ0n) is 12.5. The fourth-order valence-corrected chi connectivity index (χ4v) is 3.09. The van der Waals surface area contributed by atoms with E-state index in [9.17, 15) is 8.42 Å². The second-order valence-corrected chi connectivity index (χ2v) is 7.24. The highest BCUT2D eigenvalue weighted by Crippen LogP contribution is 2.17. The molecule has 0 amide bonds. The van der Waals surface area contributed by atoms with Gasteiger partial charge in [0.05, 0.1) is 12.5 Å². The van der Waals surface area contributed by atoms with Crippen LogP contribution in [0.3, 0.4) is 0 Å². The molecule has 2 aromatic rings. The van der Waals surface area contributed by atoms with Crippen molar-refractivity contribution in [1.82, 2.24) is 19.1 Å². The van der Waals surface area contributed by atoms with Crippen LogP contribution >= 0.6 is 0 Å². The maximum absolute atomic E-state index is 11.3. The number of rotatable bonds is 6. The Labute approximate surface area is 124 Å². The third-order valence-corrected chi connectivity index (χ3v) is 3.71. The molecule has 0 saturated heterocycles. The topological polar surface area (TPSA) is 100 Å². The van der Waals surface area contributed by atoms with E-state index >= 15 is 0 Å². The Hall–Kier alpha value is -1.87. The van der Waals surface area contributed by atoms with Crippen LogP contribution in [0.2, 0.25) is 0 Å². The lowest BCUT2D eigenvalue weighted by atomic mass is 10.1. The van der Waals surface area contributed by atoms with Gasteiger partial charge in [0, 0.05) is 31.5 Å². The minimum absolute atomic E-state index is 0.378. The minimum atomic E-state index is -3.27. The van der Waals surface area contributed by atoms with E-state index in [1.807, 2.05) is 16.8 Å². The van der Waals surface area contributed by atoms with Gasteiger partial charge in [-0.1, -0.05) is 0 Å². The maximum atomic E-state index is 11.3. The van der Waals surface area contributed by atoms with E-state index in [-0.39, 0.29) is 0 Å². The van der Waals surface area contributed by atoms with Crippen molar-refractivity contribution in [3.63, 3.8) is 0 Å². The van der Waals surface area contributed by atoms with E-state index in [2.05, 4.69) is 25.3 Å². The molecule has 0 aliphatic carbocycles. The lowest BCUT2D eigenvalue weighted by Gasteiger charge is -2.25. The van der Waals surface area contributed by atoms with Crippen LogP contribution in [0.5, 0.6) is 0 Å². The fraction of sp³-hybridized carbons (Fsp3) is 0.500. The van der Waals surface area contributed by atoms with Gasteiger partial charge in [-0.2, -0.15) is 0 Å². The van der Waals surface area contributed by atoms with Gasteiger partial charge in [0.1, 0.15) is 5.82 Å². The molecule has 0 radical (unpaired) electrons. The van der Waals surface area contributed by atoms with Crippen LogP contribution in [0.4, 0.5) is 11.6 Å². The van der Waals surface area contributed by atoms with Gasteiger partial charge in [0.25, 0.3) is 0 Å². The molecule has 0 aliphatic rings. The highest BCUT2D eigenvalue weighted by molar-refractivity contribution is 7.88. The zero-order chi connectivity index (χ0) is 15.7. The number of anilines is 2. The number of nitrogens with zero attached hydrogens (tertiary/aromatic N) is 3. The van der Waals surface area contributed by atoms with Crippen LogP contribution in [-0.4, -0.2) is 48.2 Å². The molecule has 0 saturated carbocycles. The van der Waals surface area contributed by atoms with Crippen molar-refractivity contribution in [2.24, 2.45) is 0 Å². The summed E-state index contributed by atoms with van der Waals surface area (Å²) in [5, 5.41) is 6.12. The Morgan fingerprint density at radius 2 is 2.10 bits per heavy atom. The molecule has 8 nitrogen and oxygen atoms in total. The smallest absolute Gasteiger partial charge is 0.209 e. The molecule has 0 aliphatic heterocycles. The van der Waals surface area contributed by atoms with Gasteiger partial charge in [0.15, 0.2) is 11.5 Å². The molecule has 0 aromatic carbocycles. The third-order valence-electron chi connectivity index (χ3n) is 2.79. The first kappa shape index (κ1) is 15.5. The predicted molar refractivity (Wildman–Crippen MR) is 83.1 cm³/mol. The van der Waals surface area contributed by atoms with Gasteiger partial charge in [-0.25, -0.2) is 23.1 Å². The first-order valence-electron chi connectivity index (χ1n) is 6.44. The van der Waals surface area contributed by atoms with Crippen LogP contribution < -0.4 is 15.4 Å². The highest BCUT2D eigenvalue weighted by Gasteiger charge is 2.22. The molecule has 2 rings (SSSR count). The fourth-order valence-electron chi connectivity index (χ4n) is 2.01. The number of nitrogens with one attached hydrogen (secondary N) is 3. The van der Waals surface area contributed by atoms with Crippen molar-refractivity contribution in [3.05, 3.63) is 18.6 Å². The van der Waals surface area contributed by atoms with Gasteiger partial charge in [-0.3, -0.25) is 0 Å². The summed E-state index contributed by atoms with van der Waals surface area (Å²) in [5.41, 5.74) is 0.0401. The number of aromatic nitrogens is 3. The van der Waals surface area contributed by atoms with E-state index in [1.54, 1.807) is 27.1 Å². The molecule has 0 unspecified atom stereocenters. The Bertz CT molecular complexity index is 737. The number of hydrogen-bond donors (Lipinski definition) is 3. The molecular weight excluding hydrogens is 292 g/mol. The number of imidazole rings is 1. The molecule has 0 spiro atoms. The quantitative estimate of drug-likeness (QED) is 0.718. The summed E-state index contributed by atoms with van der Waals surface area (Å²) in [7, 11) is -1.49. The molecule has 0 bridgehead atoms. The first-order chi connectivity index (χ1) is 9.70. The molecule has 3 N–H and O–H groups in total. The molecular formula is C12H20N6O2S. The summed E-state index contributed by atoms with van der Waals surface area (Å²) < 4.78 is 27.1. The van der Waals surface area contributed by atoms with Crippen LogP contribution in [0.25, 0.3) is 5.65 Å². The second-order valence-electron chi connectivity index (χ2n) is 5.49. The summed E-state index contributed by atoms with van der Waals surface area (Å²) in [4.78, 5) is 8.65. The molecule has 9 heteroatoms. The molecule has 2 aromatic heterocycles. The van der Waals surface area contributed by atoms with Gasteiger partial charge < -0.3 is 15.0 Å². The Kier molecular flexibility index (Phi) is 4.06. The van der Waals surface area contributed by atoms with Gasteiger partial charge >= 0.3 is 0 Å². The Morgan fingerprint density at radius 1 is 1.38 bits per heavy atom. The van der Waals surface area contributed by atoms with E-state index in [1.165, 1.54) is 0 Å². The van der Waals surface area contributed by atoms with Crippen molar-refractivity contribution in [1.29, 1.82) is 0 Å². The summed E-state index contributed by atoms with van der Waals surface area (Å²) in [6.45, 7) is 3.97. The van der Waals surface area contributed by atoms with Crippen molar-refractivity contribution < 1.29 is 8.42 Å². The summed E-state index contributed by atoms with van der Waals surface area (Å²) in [5.74, 6) is 1.28. The van der Waals surface area contributed by atoms with Crippen LogP contribution in [-0.2, 0) is 10.0 Å². The average Bonchev–Trinajstić information content (AvgIpc) is 2.80. The van der Waals surface area contributed by atoms with Crippen molar-refractivity contribution >= 4 is 27.3 Å². The maximum Gasteiger partial charge on any atom is 0.209 e. The van der Waals surface area contributed by atoms with Crippen LogP contribution in [0.15, 0.2) is 18.6 Å². The van der Waals surface area contributed by atoms with Crippen molar-refractivity contribution in [3.8, 4) is 0 Å². The predicted octanol–water partition coefficient (Wildman–Crippen LogP) is 0.511. The summed E-state index contributed by atoms with van der Waals surface area (Å²) >= 11 is 0. The van der Waals surface area contributed by atoms with Crippen LogP contribution in [0.1, 0.15) is 13.8 Å². The normalized spacial score (nSPS) is 12.6. The van der Waals surface area contributed by atoms with Crippen molar-refractivity contribution in [2.45, 2.75) is 19.4 Å². The largest absolute Gasteiger partial charge is 0.372 e. The highest BCUT2D eigenvalue weighted by atomic mass is 32.2. The molecule has 116 valence electrons. The monoisotopic (exact) mass is 312 g/mol. The third kappa shape index (κ3) is 4.05. The van der Waals surface area contributed by atoms with E-state index < -0.39 is 15.6 Å². The SMILES string of the molecule is CNc1cn2ccnc2c(NCC(C)(C)NS(C)(=O)=O)n1. The van der Waals surface area contributed by atoms with E-state index in [0.717, 1.165) is 6.26 Å². The Morgan fingerprint density at radius 3 is 2.71 bits per heavy atom. The zero-order valence-corrected chi connectivity index (χ0v) is 13.3. The van der Waals surface area contributed by atoms with Gasteiger partial charge in [0.2, 0.25) is 10.0 Å².